The summed E-state index contributed by atoms with van der Waals surface area (Å²) in [7, 11) is 1.64. The summed E-state index contributed by atoms with van der Waals surface area (Å²) >= 11 is 0. The summed E-state index contributed by atoms with van der Waals surface area (Å²) < 4.78 is 18.3. The molecule has 170 valence electrons. The number of hydrogen-bond acceptors (Lipinski definition) is 4. The van der Waals surface area contributed by atoms with Gasteiger partial charge in [-0.15, -0.1) is 0 Å². The largest absolute Gasteiger partial charge is 0.497 e. The zero-order valence-electron chi connectivity index (χ0n) is 18.5. The maximum atomic E-state index is 13.2. The van der Waals surface area contributed by atoms with Crippen LogP contribution in [0.15, 0.2) is 48.5 Å². The van der Waals surface area contributed by atoms with Crippen molar-refractivity contribution < 1.29 is 18.7 Å². The van der Waals surface area contributed by atoms with Crippen LogP contribution in [0.1, 0.15) is 24.0 Å². The van der Waals surface area contributed by atoms with Crippen molar-refractivity contribution in [3.05, 3.63) is 65.5 Å². The Bertz CT molecular complexity index is 932. The lowest BCUT2D eigenvalue weighted by molar-refractivity contribution is -0.142. The number of rotatable bonds is 6. The molecule has 2 aliphatic rings. The first kappa shape index (κ1) is 22.3. The molecule has 0 saturated carbocycles. The zero-order valence-corrected chi connectivity index (χ0v) is 18.5. The number of halogens is 1. The highest BCUT2D eigenvalue weighted by molar-refractivity contribution is 5.83. The van der Waals surface area contributed by atoms with E-state index in [4.69, 9.17) is 4.74 Å². The highest BCUT2D eigenvalue weighted by Crippen LogP contribution is 2.21. The quantitative estimate of drug-likeness (QED) is 0.695. The van der Waals surface area contributed by atoms with E-state index >= 15 is 0 Å². The van der Waals surface area contributed by atoms with Crippen LogP contribution < -0.4 is 4.74 Å². The predicted octanol–water partition coefficient (Wildman–Crippen LogP) is 2.71. The number of ether oxygens (including phenoxy) is 1. The van der Waals surface area contributed by atoms with Crippen molar-refractivity contribution in [2.45, 2.75) is 31.8 Å². The van der Waals surface area contributed by atoms with Gasteiger partial charge in [-0.1, -0.05) is 24.3 Å². The minimum Gasteiger partial charge on any atom is -0.497 e. The number of carbonyl (C=O) groups is 2. The summed E-state index contributed by atoms with van der Waals surface area (Å²) in [5.74, 6) is 0.775. The summed E-state index contributed by atoms with van der Waals surface area (Å²) in [5.41, 5.74) is 2.04. The summed E-state index contributed by atoms with van der Waals surface area (Å²) in [6.07, 6.45) is 1.80. The third kappa shape index (κ3) is 5.27. The first-order valence-corrected chi connectivity index (χ1v) is 11.2. The van der Waals surface area contributed by atoms with E-state index in [1.807, 2.05) is 34.1 Å². The van der Waals surface area contributed by atoms with Crippen LogP contribution in [0, 0.1) is 5.82 Å². The second-order valence-corrected chi connectivity index (χ2v) is 8.46. The fraction of sp³-hybridized carbons (Fsp3) is 0.440. The molecular weight excluding hydrogens is 409 g/mol. The molecule has 2 aliphatic heterocycles. The fourth-order valence-electron chi connectivity index (χ4n) is 4.51. The summed E-state index contributed by atoms with van der Waals surface area (Å²) in [4.78, 5) is 31.9. The highest BCUT2D eigenvalue weighted by atomic mass is 19.1. The van der Waals surface area contributed by atoms with E-state index in [9.17, 15) is 14.0 Å². The molecule has 2 amide bonds. The van der Waals surface area contributed by atoms with Crippen LogP contribution in [0.25, 0.3) is 0 Å². The fourth-order valence-corrected chi connectivity index (χ4v) is 4.51. The van der Waals surface area contributed by atoms with Gasteiger partial charge in [0.05, 0.1) is 13.2 Å². The first-order valence-electron chi connectivity index (χ1n) is 11.2. The Morgan fingerprint density at radius 3 is 2.38 bits per heavy atom. The molecule has 0 bridgehead atoms. The molecule has 1 atom stereocenters. The van der Waals surface area contributed by atoms with Gasteiger partial charge < -0.3 is 14.5 Å². The van der Waals surface area contributed by atoms with E-state index in [-0.39, 0.29) is 23.7 Å². The molecule has 0 radical (unpaired) electrons. The van der Waals surface area contributed by atoms with Gasteiger partial charge in [0, 0.05) is 45.7 Å². The Hall–Kier alpha value is -2.93. The smallest absolute Gasteiger partial charge is 0.240 e. The molecule has 0 aromatic heterocycles. The van der Waals surface area contributed by atoms with E-state index in [2.05, 4.69) is 4.90 Å². The number of hydrogen-bond donors (Lipinski definition) is 0. The van der Waals surface area contributed by atoms with Crippen LogP contribution in [0.5, 0.6) is 5.75 Å². The van der Waals surface area contributed by atoms with Crippen molar-refractivity contribution in [1.29, 1.82) is 0 Å². The van der Waals surface area contributed by atoms with Crippen molar-refractivity contribution in [3.8, 4) is 5.75 Å². The lowest BCUT2D eigenvalue weighted by Gasteiger charge is -2.39. The number of fused-ring (bicyclic) bond motifs is 1. The molecule has 2 saturated heterocycles. The number of piperazine rings is 1. The average Bonchev–Trinajstić information content (AvgIpc) is 3.04. The van der Waals surface area contributed by atoms with Crippen LogP contribution in [-0.2, 0) is 22.6 Å². The van der Waals surface area contributed by atoms with Crippen LogP contribution in [0.4, 0.5) is 4.39 Å². The monoisotopic (exact) mass is 439 g/mol. The van der Waals surface area contributed by atoms with Crippen LogP contribution in [0.2, 0.25) is 0 Å². The first-order chi connectivity index (χ1) is 15.5. The number of aryl methyl sites for hydroxylation is 1. The van der Waals surface area contributed by atoms with Crippen molar-refractivity contribution in [2.75, 3.05) is 39.8 Å². The molecule has 2 fully saturated rings. The van der Waals surface area contributed by atoms with Crippen molar-refractivity contribution in [2.24, 2.45) is 0 Å². The van der Waals surface area contributed by atoms with E-state index < -0.39 is 0 Å². The standard InChI is InChI=1S/C25H30FN3O3/c1-32-22-9-4-19(5-10-22)6-11-24(30)28-13-12-23-25(31)29(17-15-27(23)14-16-28)18-20-2-7-21(26)8-3-20/h2-5,7-10,23H,6,11-18H2,1H3. The van der Waals surface area contributed by atoms with E-state index in [0.717, 1.165) is 30.0 Å². The predicted molar refractivity (Wildman–Crippen MR) is 120 cm³/mol. The van der Waals surface area contributed by atoms with Gasteiger partial charge in [0.15, 0.2) is 0 Å². The summed E-state index contributed by atoms with van der Waals surface area (Å²) in [6, 6.07) is 13.9. The van der Waals surface area contributed by atoms with Crippen molar-refractivity contribution >= 4 is 11.8 Å². The Labute approximate surface area is 188 Å². The topological polar surface area (TPSA) is 53.1 Å². The average molecular weight is 440 g/mol. The van der Waals surface area contributed by atoms with Gasteiger partial charge in [0.2, 0.25) is 11.8 Å². The Kier molecular flexibility index (Phi) is 7.05. The van der Waals surface area contributed by atoms with Crippen molar-refractivity contribution in [3.63, 3.8) is 0 Å². The molecule has 6 nitrogen and oxygen atoms in total. The zero-order chi connectivity index (χ0) is 22.5. The third-order valence-electron chi connectivity index (χ3n) is 6.45. The number of benzene rings is 2. The van der Waals surface area contributed by atoms with Crippen LogP contribution in [0.3, 0.4) is 0 Å². The molecule has 2 heterocycles. The minimum absolute atomic E-state index is 0.105. The molecule has 4 rings (SSSR count). The van der Waals surface area contributed by atoms with Crippen LogP contribution in [-0.4, -0.2) is 72.4 Å². The van der Waals surface area contributed by atoms with Gasteiger partial charge in [-0.25, -0.2) is 4.39 Å². The van der Waals surface area contributed by atoms with Gasteiger partial charge in [0.1, 0.15) is 11.6 Å². The molecule has 0 spiro atoms. The second kappa shape index (κ2) is 10.1. The van der Waals surface area contributed by atoms with Crippen molar-refractivity contribution in [1.82, 2.24) is 14.7 Å². The molecule has 7 heteroatoms. The SMILES string of the molecule is COc1ccc(CCC(=O)N2CCC3C(=O)N(Cc4ccc(F)cc4)CCN3CC2)cc1. The summed E-state index contributed by atoms with van der Waals surface area (Å²) in [5, 5.41) is 0. The Morgan fingerprint density at radius 1 is 0.969 bits per heavy atom. The molecule has 1 unspecified atom stereocenters. The molecule has 2 aromatic carbocycles. The number of nitrogens with zero attached hydrogens (tertiary/aromatic N) is 3. The molecule has 2 aromatic rings. The maximum Gasteiger partial charge on any atom is 0.240 e. The Balaban J connectivity index is 1.31. The second-order valence-electron chi connectivity index (χ2n) is 8.46. The van der Waals surface area contributed by atoms with E-state index in [1.165, 1.54) is 12.1 Å². The third-order valence-corrected chi connectivity index (χ3v) is 6.45. The van der Waals surface area contributed by atoms with E-state index in [1.54, 1.807) is 19.2 Å². The maximum absolute atomic E-state index is 13.2. The molecule has 32 heavy (non-hydrogen) atoms. The van der Waals surface area contributed by atoms with Gasteiger partial charge in [-0.3, -0.25) is 14.5 Å². The molecule has 0 aliphatic carbocycles. The van der Waals surface area contributed by atoms with Gasteiger partial charge in [0.25, 0.3) is 0 Å². The lowest BCUT2D eigenvalue weighted by Crippen LogP contribution is -2.56. The number of methoxy groups -OCH3 is 1. The van der Waals surface area contributed by atoms with Crippen LogP contribution >= 0.6 is 0 Å². The minimum atomic E-state index is -0.273. The van der Waals surface area contributed by atoms with Gasteiger partial charge in [-0.05, 0) is 48.2 Å². The molecule has 0 N–H and O–H groups in total. The molecular formula is C25H30FN3O3. The summed E-state index contributed by atoms with van der Waals surface area (Å²) in [6.45, 7) is 3.91. The number of amides is 2. The Morgan fingerprint density at radius 2 is 1.66 bits per heavy atom. The van der Waals surface area contributed by atoms with E-state index in [0.29, 0.717) is 45.4 Å². The number of carbonyl (C=O) groups excluding carboxylic acids is 2. The van der Waals surface area contributed by atoms with Gasteiger partial charge in [-0.2, -0.15) is 0 Å². The normalized spacial score (nSPS) is 19.4. The lowest BCUT2D eigenvalue weighted by atomic mass is 10.1. The highest BCUT2D eigenvalue weighted by Gasteiger charge is 2.37. The van der Waals surface area contributed by atoms with Gasteiger partial charge >= 0.3 is 0 Å².